The van der Waals surface area contributed by atoms with Gasteiger partial charge in [-0.3, -0.25) is 14.6 Å². The van der Waals surface area contributed by atoms with Crippen molar-refractivity contribution in [3.63, 3.8) is 0 Å². The summed E-state index contributed by atoms with van der Waals surface area (Å²) in [6.07, 6.45) is 0. The first-order valence-corrected chi connectivity index (χ1v) is 10.6. The average Bonchev–Trinajstić information content (AvgIpc) is 2.79. The summed E-state index contributed by atoms with van der Waals surface area (Å²) < 4.78 is 10.7. The minimum Gasteiger partial charge on any atom is -0.493 e. The molecule has 30 heavy (non-hydrogen) atoms. The lowest BCUT2D eigenvalue weighted by Crippen LogP contribution is -2.49. The topological polar surface area (TPSA) is 54.0 Å². The van der Waals surface area contributed by atoms with Crippen molar-refractivity contribution in [1.29, 1.82) is 0 Å². The van der Waals surface area contributed by atoms with Gasteiger partial charge in [0.2, 0.25) is 5.91 Å². The predicted octanol–water partition coefficient (Wildman–Crippen LogP) is 2.74. The minimum absolute atomic E-state index is 0.103. The number of hydrogen-bond acceptors (Lipinski definition) is 5. The largest absolute Gasteiger partial charge is 0.493 e. The summed E-state index contributed by atoms with van der Waals surface area (Å²) in [5.74, 6) is 1.92. The molecule has 1 atom stereocenters. The highest BCUT2D eigenvalue weighted by Gasteiger charge is 2.19. The van der Waals surface area contributed by atoms with Gasteiger partial charge in [0, 0.05) is 39.3 Å². The number of carbonyl (C=O) groups excluding carboxylic acids is 1. The van der Waals surface area contributed by atoms with Crippen molar-refractivity contribution < 1.29 is 14.3 Å². The van der Waals surface area contributed by atoms with Gasteiger partial charge >= 0.3 is 0 Å². The molecule has 6 nitrogen and oxygen atoms in total. The van der Waals surface area contributed by atoms with E-state index in [2.05, 4.69) is 40.2 Å². The summed E-state index contributed by atoms with van der Waals surface area (Å²) in [5.41, 5.74) is 2.45. The molecule has 3 rings (SSSR count). The monoisotopic (exact) mass is 411 g/mol. The Balaban J connectivity index is 1.39. The predicted molar refractivity (Wildman–Crippen MR) is 119 cm³/mol. The second-order valence-corrected chi connectivity index (χ2v) is 7.86. The van der Waals surface area contributed by atoms with Crippen LogP contribution < -0.4 is 14.8 Å². The average molecular weight is 412 g/mol. The Morgan fingerprint density at radius 1 is 0.967 bits per heavy atom. The van der Waals surface area contributed by atoms with E-state index in [0.717, 1.165) is 44.2 Å². The fraction of sp³-hybridized carbons (Fsp3) is 0.458. The molecule has 1 aliphatic rings. The van der Waals surface area contributed by atoms with E-state index >= 15 is 0 Å². The number of hydrogen-bond donors (Lipinski definition) is 1. The Labute approximate surface area is 179 Å². The van der Waals surface area contributed by atoms with Gasteiger partial charge in [-0.1, -0.05) is 43.3 Å². The van der Waals surface area contributed by atoms with Crippen molar-refractivity contribution in [3.05, 3.63) is 59.7 Å². The Morgan fingerprint density at radius 2 is 1.63 bits per heavy atom. The van der Waals surface area contributed by atoms with Crippen LogP contribution in [0.1, 0.15) is 24.0 Å². The lowest BCUT2D eigenvalue weighted by Gasteiger charge is -2.34. The quantitative estimate of drug-likeness (QED) is 0.688. The van der Waals surface area contributed by atoms with Crippen molar-refractivity contribution in [1.82, 2.24) is 15.1 Å². The van der Waals surface area contributed by atoms with E-state index in [4.69, 9.17) is 9.47 Å². The summed E-state index contributed by atoms with van der Waals surface area (Å²) in [6.45, 7) is 7.83. The van der Waals surface area contributed by atoms with Crippen molar-refractivity contribution in [2.45, 2.75) is 19.4 Å². The molecule has 0 saturated carbocycles. The van der Waals surface area contributed by atoms with Gasteiger partial charge in [0.05, 0.1) is 20.8 Å². The van der Waals surface area contributed by atoms with E-state index in [1.807, 2.05) is 30.3 Å². The number of nitrogens with one attached hydrogen (secondary N) is 1. The molecule has 0 bridgehead atoms. The van der Waals surface area contributed by atoms with Gasteiger partial charge < -0.3 is 14.8 Å². The molecular formula is C24H33N3O3. The van der Waals surface area contributed by atoms with Gasteiger partial charge in [0.15, 0.2) is 11.5 Å². The van der Waals surface area contributed by atoms with Crippen LogP contribution in [-0.2, 0) is 11.3 Å². The van der Waals surface area contributed by atoms with Gasteiger partial charge in [-0.2, -0.15) is 0 Å². The zero-order valence-electron chi connectivity index (χ0n) is 18.3. The number of nitrogens with zero attached hydrogens (tertiary/aromatic N) is 2. The zero-order chi connectivity index (χ0) is 21.3. The first-order chi connectivity index (χ1) is 14.6. The lowest BCUT2D eigenvalue weighted by atomic mass is 10.0. The highest BCUT2D eigenvalue weighted by Crippen LogP contribution is 2.28. The Morgan fingerprint density at radius 3 is 2.30 bits per heavy atom. The van der Waals surface area contributed by atoms with E-state index < -0.39 is 0 Å². The molecule has 0 aliphatic carbocycles. The minimum atomic E-state index is 0.103. The molecule has 0 unspecified atom stereocenters. The third-order valence-electron chi connectivity index (χ3n) is 5.66. The lowest BCUT2D eigenvalue weighted by molar-refractivity contribution is -0.122. The van der Waals surface area contributed by atoms with Crippen LogP contribution in [0.15, 0.2) is 48.5 Å². The Bertz CT molecular complexity index is 805. The summed E-state index contributed by atoms with van der Waals surface area (Å²) in [7, 11) is 3.31. The molecule has 1 saturated heterocycles. The standard InChI is InChI=1S/C24H33N3O3/c1-19(21-7-5-4-6-8-21)16-25-24(28)18-27-13-11-26(12-14-27)17-20-9-10-22(29-2)23(15-20)30-3/h4-10,15,19H,11-14,16-18H2,1-3H3,(H,25,28)/t19-/m0/s1. The SMILES string of the molecule is COc1ccc(CN2CCN(CC(=O)NC[C@H](C)c3ccccc3)CC2)cc1OC. The highest BCUT2D eigenvalue weighted by atomic mass is 16.5. The summed E-state index contributed by atoms with van der Waals surface area (Å²) in [5, 5.41) is 3.08. The number of rotatable bonds is 9. The molecule has 1 amide bonds. The number of amides is 1. The fourth-order valence-electron chi connectivity index (χ4n) is 3.77. The van der Waals surface area contributed by atoms with Gasteiger partial charge in [-0.25, -0.2) is 0 Å². The van der Waals surface area contributed by atoms with E-state index in [-0.39, 0.29) is 5.91 Å². The van der Waals surface area contributed by atoms with Crippen molar-refractivity contribution in [3.8, 4) is 11.5 Å². The number of carbonyl (C=O) groups is 1. The van der Waals surface area contributed by atoms with Crippen LogP contribution in [-0.4, -0.2) is 69.2 Å². The molecular weight excluding hydrogens is 378 g/mol. The van der Waals surface area contributed by atoms with Gasteiger partial charge in [0.1, 0.15) is 0 Å². The third-order valence-corrected chi connectivity index (χ3v) is 5.66. The van der Waals surface area contributed by atoms with Gasteiger partial charge in [-0.05, 0) is 29.2 Å². The molecule has 2 aromatic rings. The van der Waals surface area contributed by atoms with Crippen molar-refractivity contribution in [2.75, 3.05) is 53.5 Å². The highest BCUT2D eigenvalue weighted by molar-refractivity contribution is 5.78. The number of ether oxygens (including phenoxy) is 2. The van der Waals surface area contributed by atoms with E-state index in [9.17, 15) is 4.79 Å². The van der Waals surface area contributed by atoms with E-state index in [1.54, 1.807) is 14.2 Å². The van der Waals surface area contributed by atoms with Gasteiger partial charge in [0.25, 0.3) is 0 Å². The molecule has 1 fully saturated rings. The molecule has 6 heteroatoms. The van der Waals surface area contributed by atoms with E-state index in [1.165, 1.54) is 11.1 Å². The van der Waals surface area contributed by atoms with Crippen LogP contribution in [0.25, 0.3) is 0 Å². The summed E-state index contributed by atoms with van der Waals surface area (Å²) >= 11 is 0. The first kappa shape index (κ1) is 22.1. The van der Waals surface area contributed by atoms with Gasteiger partial charge in [-0.15, -0.1) is 0 Å². The number of methoxy groups -OCH3 is 2. The second-order valence-electron chi connectivity index (χ2n) is 7.86. The van der Waals surface area contributed by atoms with Crippen LogP contribution in [0.5, 0.6) is 11.5 Å². The third kappa shape index (κ3) is 6.21. The maximum absolute atomic E-state index is 12.4. The normalized spacial score (nSPS) is 16.1. The Hall–Kier alpha value is -2.57. The van der Waals surface area contributed by atoms with Crippen molar-refractivity contribution in [2.24, 2.45) is 0 Å². The number of benzene rings is 2. The molecule has 0 spiro atoms. The van der Waals surface area contributed by atoms with Crippen LogP contribution in [0.4, 0.5) is 0 Å². The maximum Gasteiger partial charge on any atom is 0.234 e. The smallest absolute Gasteiger partial charge is 0.234 e. The molecule has 0 radical (unpaired) electrons. The van der Waals surface area contributed by atoms with Crippen LogP contribution in [0.3, 0.4) is 0 Å². The fourth-order valence-corrected chi connectivity index (χ4v) is 3.77. The number of piperazine rings is 1. The second kappa shape index (κ2) is 11.0. The molecule has 1 N–H and O–H groups in total. The maximum atomic E-state index is 12.4. The molecule has 1 aliphatic heterocycles. The zero-order valence-corrected chi connectivity index (χ0v) is 18.3. The molecule has 1 heterocycles. The van der Waals surface area contributed by atoms with Crippen LogP contribution in [0.2, 0.25) is 0 Å². The van der Waals surface area contributed by atoms with Crippen LogP contribution >= 0.6 is 0 Å². The van der Waals surface area contributed by atoms with E-state index in [0.29, 0.717) is 19.0 Å². The van der Waals surface area contributed by atoms with Crippen LogP contribution in [0, 0.1) is 0 Å². The first-order valence-electron chi connectivity index (χ1n) is 10.6. The Kier molecular flexibility index (Phi) is 8.11. The summed E-state index contributed by atoms with van der Waals surface area (Å²) in [6, 6.07) is 16.4. The summed E-state index contributed by atoms with van der Waals surface area (Å²) in [4.78, 5) is 17.0. The molecule has 162 valence electrons. The molecule has 2 aromatic carbocycles. The van der Waals surface area contributed by atoms with Crippen molar-refractivity contribution >= 4 is 5.91 Å². The molecule has 0 aromatic heterocycles.